The molecule has 0 spiro atoms. The summed E-state index contributed by atoms with van der Waals surface area (Å²) in [6, 6.07) is 19.1. The van der Waals surface area contributed by atoms with E-state index in [1.807, 2.05) is 60.4 Å². The number of nitrogens with one attached hydrogen (secondary N) is 1. The van der Waals surface area contributed by atoms with Crippen molar-refractivity contribution in [2.45, 2.75) is 20.0 Å². The number of hydrogen-bond donors (Lipinski definition) is 2. The van der Waals surface area contributed by atoms with Gasteiger partial charge in [0.2, 0.25) is 0 Å². The zero-order valence-corrected chi connectivity index (χ0v) is 14.8. The van der Waals surface area contributed by atoms with Crippen LogP contribution in [0.5, 0.6) is 5.75 Å². The maximum atomic E-state index is 10.1. The monoisotopic (exact) mass is 352 g/mol. The molecule has 128 valence electrons. The summed E-state index contributed by atoms with van der Waals surface area (Å²) >= 11 is 5.61. The SMILES string of the molecule is Cc1cccc(NC(=S)N(Cc2ccco2)Cc2ccccc2O)c1. The van der Waals surface area contributed by atoms with Crippen LogP contribution in [0.2, 0.25) is 0 Å². The first-order valence-corrected chi connectivity index (χ1v) is 8.44. The van der Waals surface area contributed by atoms with Crippen molar-refractivity contribution in [2.24, 2.45) is 0 Å². The van der Waals surface area contributed by atoms with Gasteiger partial charge in [0.05, 0.1) is 12.8 Å². The number of thiocarbonyl (C=S) groups is 1. The molecule has 3 rings (SSSR count). The molecule has 0 saturated carbocycles. The molecule has 0 aliphatic carbocycles. The van der Waals surface area contributed by atoms with E-state index in [0.29, 0.717) is 18.2 Å². The Hall–Kier alpha value is -2.79. The number of aromatic hydroxyl groups is 1. The van der Waals surface area contributed by atoms with Crippen LogP contribution in [-0.2, 0) is 13.1 Å². The summed E-state index contributed by atoms with van der Waals surface area (Å²) < 4.78 is 5.46. The van der Waals surface area contributed by atoms with Gasteiger partial charge in [0.1, 0.15) is 11.5 Å². The molecule has 1 aromatic heterocycles. The van der Waals surface area contributed by atoms with E-state index in [0.717, 1.165) is 22.6 Å². The molecule has 0 atom stereocenters. The maximum absolute atomic E-state index is 10.1. The minimum atomic E-state index is 0.255. The highest BCUT2D eigenvalue weighted by Gasteiger charge is 2.15. The second-order valence-corrected chi connectivity index (χ2v) is 6.25. The summed E-state index contributed by atoms with van der Waals surface area (Å²) in [7, 11) is 0. The maximum Gasteiger partial charge on any atom is 0.174 e. The zero-order chi connectivity index (χ0) is 17.6. The summed E-state index contributed by atoms with van der Waals surface area (Å²) in [5.41, 5.74) is 2.90. The molecule has 0 unspecified atom stereocenters. The Morgan fingerprint density at radius 2 is 1.92 bits per heavy atom. The van der Waals surface area contributed by atoms with Crippen LogP contribution < -0.4 is 5.32 Å². The molecule has 2 aromatic carbocycles. The van der Waals surface area contributed by atoms with E-state index < -0.39 is 0 Å². The first-order chi connectivity index (χ1) is 12.1. The van der Waals surface area contributed by atoms with E-state index in [1.54, 1.807) is 18.4 Å². The fourth-order valence-corrected chi connectivity index (χ4v) is 2.81. The summed E-state index contributed by atoms with van der Waals surface area (Å²) in [6.07, 6.45) is 1.64. The van der Waals surface area contributed by atoms with E-state index in [2.05, 4.69) is 5.32 Å². The highest BCUT2D eigenvalue weighted by Crippen LogP contribution is 2.20. The molecule has 5 heteroatoms. The van der Waals surface area contributed by atoms with E-state index in [-0.39, 0.29) is 5.75 Å². The molecule has 0 fully saturated rings. The molecule has 0 aliphatic heterocycles. The average Bonchev–Trinajstić information content (AvgIpc) is 3.09. The lowest BCUT2D eigenvalue weighted by molar-refractivity contribution is 0.353. The minimum Gasteiger partial charge on any atom is -0.508 e. The second kappa shape index (κ2) is 7.85. The fourth-order valence-electron chi connectivity index (χ4n) is 2.57. The lowest BCUT2D eigenvalue weighted by Gasteiger charge is -2.25. The van der Waals surface area contributed by atoms with Gasteiger partial charge in [0.15, 0.2) is 5.11 Å². The quantitative estimate of drug-likeness (QED) is 0.652. The van der Waals surface area contributed by atoms with Gasteiger partial charge in [-0.25, -0.2) is 0 Å². The van der Waals surface area contributed by atoms with Crippen LogP contribution in [0.25, 0.3) is 0 Å². The van der Waals surface area contributed by atoms with Gasteiger partial charge in [-0.1, -0.05) is 30.3 Å². The highest BCUT2D eigenvalue weighted by atomic mass is 32.1. The number of rotatable bonds is 5. The van der Waals surface area contributed by atoms with Crippen molar-refractivity contribution < 1.29 is 9.52 Å². The van der Waals surface area contributed by atoms with Crippen LogP contribution in [-0.4, -0.2) is 15.1 Å². The molecule has 4 nitrogen and oxygen atoms in total. The first-order valence-electron chi connectivity index (χ1n) is 8.03. The molecular formula is C20H20N2O2S. The Balaban J connectivity index is 1.79. The third-order valence-corrected chi connectivity index (χ3v) is 4.20. The van der Waals surface area contributed by atoms with Crippen molar-refractivity contribution in [1.82, 2.24) is 4.90 Å². The normalized spacial score (nSPS) is 10.4. The largest absolute Gasteiger partial charge is 0.508 e. The lowest BCUT2D eigenvalue weighted by atomic mass is 10.2. The van der Waals surface area contributed by atoms with Crippen LogP contribution in [0.4, 0.5) is 5.69 Å². The summed E-state index contributed by atoms with van der Waals surface area (Å²) in [5.74, 6) is 1.06. The summed E-state index contributed by atoms with van der Waals surface area (Å²) in [6.45, 7) is 3.03. The number of phenolic OH excluding ortho intramolecular Hbond substituents is 1. The van der Waals surface area contributed by atoms with Gasteiger partial charge < -0.3 is 19.7 Å². The van der Waals surface area contributed by atoms with E-state index in [9.17, 15) is 5.11 Å². The number of nitrogens with zero attached hydrogens (tertiary/aromatic N) is 1. The predicted octanol–water partition coefficient (Wildman–Crippen LogP) is 4.69. The smallest absolute Gasteiger partial charge is 0.174 e. The Bertz CT molecular complexity index is 846. The van der Waals surface area contributed by atoms with Crippen LogP contribution in [0, 0.1) is 6.92 Å². The number of aryl methyl sites for hydroxylation is 1. The van der Waals surface area contributed by atoms with Crippen LogP contribution in [0.1, 0.15) is 16.9 Å². The minimum absolute atomic E-state index is 0.255. The number of phenols is 1. The van der Waals surface area contributed by atoms with Crippen molar-refractivity contribution >= 4 is 23.0 Å². The topological polar surface area (TPSA) is 48.6 Å². The molecule has 0 aliphatic rings. The summed E-state index contributed by atoms with van der Waals surface area (Å²) in [4.78, 5) is 1.96. The Labute approximate surface area is 152 Å². The first kappa shape index (κ1) is 17.0. The third-order valence-electron chi connectivity index (χ3n) is 3.84. The van der Waals surface area contributed by atoms with Gasteiger partial charge in [-0.05, 0) is 55.0 Å². The number of benzene rings is 2. The van der Waals surface area contributed by atoms with Crippen molar-refractivity contribution in [3.63, 3.8) is 0 Å². The Morgan fingerprint density at radius 3 is 2.64 bits per heavy atom. The predicted molar refractivity (Wildman–Crippen MR) is 103 cm³/mol. The number of hydrogen-bond acceptors (Lipinski definition) is 3. The molecule has 0 bridgehead atoms. The molecule has 0 radical (unpaired) electrons. The van der Waals surface area contributed by atoms with E-state index >= 15 is 0 Å². The Morgan fingerprint density at radius 1 is 1.08 bits per heavy atom. The molecule has 25 heavy (non-hydrogen) atoms. The lowest BCUT2D eigenvalue weighted by Crippen LogP contribution is -2.33. The molecule has 1 heterocycles. The standard InChI is InChI=1S/C20H20N2O2S/c1-15-6-4-8-17(12-15)21-20(25)22(14-18-9-5-11-24-18)13-16-7-2-3-10-19(16)23/h2-12,23H,13-14H2,1H3,(H,21,25). The molecule has 0 saturated heterocycles. The zero-order valence-electron chi connectivity index (χ0n) is 14.0. The van der Waals surface area contributed by atoms with Gasteiger partial charge in [-0.2, -0.15) is 0 Å². The van der Waals surface area contributed by atoms with Crippen LogP contribution >= 0.6 is 12.2 Å². The van der Waals surface area contributed by atoms with Crippen LogP contribution in [0.15, 0.2) is 71.3 Å². The number of furan rings is 1. The second-order valence-electron chi connectivity index (χ2n) is 5.86. The van der Waals surface area contributed by atoms with E-state index in [4.69, 9.17) is 16.6 Å². The highest BCUT2D eigenvalue weighted by molar-refractivity contribution is 7.80. The number of anilines is 1. The molecule has 3 aromatic rings. The number of para-hydroxylation sites is 1. The van der Waals surface area contributed by atoms with Gasteiger partial charge in [-0.3, -0.25) is 0 Å². The fraction of sp³-hybridized carbons (Fsp3) is 0.150. The van der Waals surface area contributed by atoms with Gasteiger partial charge in [-0.15, -0.1) is 0 Å². The molecule has 0 amide bonds. The van der Waals surface area contributed by atoms with Crippen molar-refractivity contribution in [2.75, 3.05) is 5.32 Å². The van der Waals surface area contributed by atoms with Crippen molar-refractivity contribution in [3.05, 3.63) is 83.8 Å². The molecular weight excluding hydrogens is 332 g/mol. The van der Waals surface area contributed by atoms with Crippen molar-refractivity contribution in [3.8, 4) is 5.75 Å². The third kappa shape index (κ3) is 4.61. The Kier molecular flexibility index (Phi) is 5.36. The van der Waals surface area contributed by atoms with E-state index in [1.165, 1.54) is 0 Å². The van der Waals surface area contributed by atoms with Crippen molar-refractivity contribution in [1.29, 1.82) is 0 Å². The average molecular weight is 352 g/mol. The van der Waals surface area contributed by atoms with Gasteiger partial charge in [0.25, 0.3) is 0 Å². The van der Waals surface area contributed by atoms with Crippen LogP contribution in [0.3, 0.4) is 0 Å². The van der Waals surface area contributed by atoms with Gasteiger partial charge >= 0.3 is 0 Å². The van der Waals surface area contributed by atoms with Gasteiger partial charge in [0, 0.05) is 17.8 Å². The summed E-state index contributed by atoms with van der Waals surface area (Å²) in [5, 5.41) is 13.9. The molecule has 2 N–H and O–H groups in total.